The van der Waals surface area contributed by atoms with E-state index in [-0.39, 0.29) is 0 Å². The van der Waals surface area contributed by atoms with Crippen LogP contribution in [0.15, 0.2) is 279 Å². The molecule has 4 heteroatoms. The number of benzene rings is 11. The number of rotatable bonds is 12. The van der Waals surface area contributed by atoms with Gasteiger partial charge in [-0.2, -0.15) is 0 Å². The summed E-state index contributed by atoms with van der Waals surface area (Å²) in [6, 6.07) is 101. The zero-order chi connectivity index (χ0) is 48.4. The molecule has 0 atom stereocenters. The number of anilines is 9. The van der Waals surface area contributed by atoms with E-state index in [4.69, 9.17) is 0 Å². The lowest BCUT2D eigenvalue weighted by Crippen LogP contribution is -2.13. The topological polar surface area (TPSA) is 14.7 Å². The summed E-state index contributed by atoms with van der Waals surface area (Å²) >= 11 is 0. The Kier molecular flexibility index (Phi) is 11.7. The minimum Gasteiger partial charge on any atom is -0.310 e. The van der Waals surface area contributed by atoms with Crippen molar-refractivity contribution in [2.45, 2.75) is 13.8 Å². The highest BCUT2D eigenvalue weighted by Gasteiger charge is 2.20. The lowest BCUT2D eigenvalue weighted by molar-refractivity contribution is 1.18. The van der Waals surface area contributed by atoms with Gasteiger partial charge in [0.05, 0.1) is 11.0 Å². The van der Waals surface area contributed by atoms with Gasteiger partial charge in [-0.15, -0.1) is 0 Å². The first-order valence-electron chi connectivity index (χ1n) is 24.7. The highest BCUT2D eigenvalue weighted by molar-refractivity contribution is 6.12. The number of nitrogens with zero attached hydrogens (tertiary/aromatic N) is 4. The van der Waals surface area contributed by atoms with Crippen LogP contribution in [0.1, 0.15) is 11.1 Å². The molecule has 0 aliphatic heterocycles. The largest absolute Gasteiger partial charge is 0.310 e. The van der Waals surface area contributed by atoms with Crippen LogP contribution in [-0.2, 0) is 0 Å². The SMILES string of the molecule is Cc1ccc(N(c2ccc(C)cc2)c2cccc(-c3ccc4c(c3)c3cc(-c5cccc(N(c6ccccc6)c6cccc(N(c7ccccc7)c7ccccc7)c6)c5)ccc3n4-c3ccccc3)c2)cc1. The van der Waals surface area contributed by atoms with E-state index in [1.807, 2.05) is 0 Å². The molecule has 344 valence electrons. The Morgan fingerprint density at radius 1 is 0.236 bits per heavy atom. The fourth-order valence-corrected chi connectivity index (χ4v) is 10.1. The van der Waals surface area contributed by atoms with Crippen molar-refractivity contribution >= 4 is 73.0 Å². The maximum absolute atomic E-state index is 2.40. The van der Waals surface area contributed by atoms with Gasteiger partial charge in [-0.05, 0) is 176 Å². The highest BCUT2D eigenvalue weighted by Crippen LogP contribution is 2.43. The Morgan fingerprint density at radius 2 is 0.542 bits per heavy atom. The second-order valence-corrected chi connectivity index (χ2v) is 18.4. The summed E-state index contributed by atoms with van der Waals surface area (Å²) in [7, 11) is 0. The van der Waals surface area contributed by atoms with Gasteiger partial charge in [0, 0.05) is 67.6 Å². The first-order valence-corrected chi connectivity index (χ1v) is 24.7. The molecule has 1 aromatic heterocycles. The minimum absolute atomic E-state index is 1.06. The van der Waals surface area contributed by atoms with Gasteiger partial charge < -0.3 is 19.3 Å². The Morgan fingerprint density at radius 3 is 0.944 bits per heavy atom. The van der Waals surface area contributed by atoms with Crippen molar-refractivity contribution < 1.29 is 0 Å². The van der Waals surface area contributed by atoms with Crippen LogP contribution >= 0.6 is 0 Å². The van der Waals surface area contributed by atoms with Gasteiger partial charge in [-0.3, -0.25) is 0 Å². The monoisotopic (exact) mass is 924 g/mol. The second kappa shape index (κ2) is 19.2. The van der Waals surface area contributed by atoms with Gasteiger partial charge in [0.2, 0.25) is 0 Å². The first-order chi connectivity index (χ1) is 35.5. The average Bonchev–Trinajstić information content (AvgIpc) is 3.77. The van der Waals surface area contributed by atoms with E-state index in [1.54, 1.807) is 0 Å². The Bertz CT molecular complexity index is 3730. The van der Waals surface area contributed by atoms with Crippen molar-refractivity contribution in [3.8, 4) is 27.9 Å². The molecule has 0 bridgehead atoms. The van der Waals surface area contributed by atoms with Crippen molar-refractivity contribution in [3.63, 3.8) is 0 Å². The summed E-state index contributed by atoms with van der Waals surface area (Å²) in [5.41, 5.74) is 20.4. The zero-order valence-corrected chi connectivity index (χ0v) is 40.3. The van der Waals surface area contributed by atoms with E-state index < -0.39 is 0 Å². The van der Waals surface area contributed by atoms with Crippen molar-refractivity contribution in [2.75, 3.05) is 14.7 Å². The number of hydrogen-bond acceptors (Lipinski definition) is 3. The number of fused-ring (bicyclic) bond motifs is 3. The molecule has 1 heterocycles. The van der Waals surface area contributed by atoms with Crippen molar-refractivity contribution in [1.82, 2.24) is 4.57 Å². The maximum Gasteiger partial charge on any atom is 0.0541 e. The van der Waals surface area contributed by atoms with Crippen LogP contribution in [0, 0.1) is 13.8 Å². The summed E-state index contributed by atoms with van der Waals surface area (Å²) < 4.78 is 2.40. The Labute approximate surface area is 422 Å². The van der Waals surface area contributed by atoms with Gasteiger partial charge in [0.15, 0.2) is 0 Å². The number of para-hydroxylation sites is 4. The maximum atomic E-state index is 2.40. The number of aryl methyl sites for hydroxylation is 2. The molecule has 11 aromatic carbocycles. The fraction of sp³-hybridized carbons (Fsp3) is 0.0294. The molecule has 12 aromatic rings. The molecule has 72 heavy (non-hydrogen) atoms. The number of hydrogen-bond donors (Lipinski definition) is 0. The zero-order valence-electron chi connectivity index (χ0n) is 40.3. The molecule has 0 aliphatic carbocycles. The normalized spacial score (nSPS) is 11.2. The molecule has 0 unspecified atom stereocenters. The number of aromatic nitrogens is 1. The third kappa shape index (κ3) is 8.56. The van der Waals surface area contributed by atoms with Crippen LogP contribution in [0.4, 0.5) is 51.2 Å². The van der Waals surface area contributed by atoms with E-state index in [0.717, 1.165) is 90.2 Å². The third-order valence-electron chi connectivity index (χ3n) is 13.6. The molecule has 0 radical (unpaired) electrons. The second-order valence-electron chi connectivity index (χ2n) is 18.4. The predicted octanol–water partition coefficient (Wildman–Crippen LogP) is 19.1. The Balaban J connectivity index is 0.968. The van der Waals surface area contributed by atoms with Gasteiger partial charge in [-0.25, -0.2) is 0 Å². The standard InChI is InChI=1S/C68H52N4/c1-49-32-38-59(39-33-49)70(60-40-34-50(2)35-41-60)61-28-15-18-51(44-61)53-36-42-67-65(46-53)66-47-54(37-43-68(66)72(67)58-26-13-6-14-27-58)52-19-16-29-62(45-52)71(57-24-11-5-12-25-57)64-31-17-30-63(48-64)69(55-20-7-3-8-21-55)56-22-9-4-10-23-56/h3-48H,1-2H3. The molecule has 12 rings (SSSR count). The Hall–Kier alpha value is -9.38. The average molecular weight is 925 g/mol. The van der Waals surface area contributed by atoms with Crippen molar-refractivity contribution in [2.24, 2.45) is 0 Å². The molecule has 4 nitrogen and oxygen atoms in total. The lowest BCUT2D eigenvalue weighted by atomic mass is 9.99. The van der Waals surface area contributed by atoms with E-state index in [9.17, 15) is 0 Å². The smallest absolute Gasteiger partial charge is 0.0541 e. The van der Waals surface area contributed by atoms with E-state index in [2.05, 4.69) is 312 Å². The van der Waals surface area contributed by atoms with Crippen LogP contribution < -0.4 is 14.7 Å². The molecule has 0 saturated carbocycles. The fourth-order valence-electron chi connectivity index (χ4n) is 10.1. The van der Waals surface area contributed by atoms with Gasteiger partial charge >= 0.3 is 0 Å². The third-order valence-corrected chi connectivity index (χ3v) is 13.6. The van der Waals surface area contributed by atoms with E-state index >= 15 is 0 Å². The summed E-state index contributed by atoms with van der Waals surface area (Å²) in [4.78, 5) is 7.03. The molecular formula is C68H52N4. The van der Waals surface area contributed by atoms with Crippen LogP contribution in [-0.4, -0.2) is 4.57 Å². The predicted molar refractivity (Wildman–Crippen MR) is 305 cm³/mol. The lowest BCUT2D eigenvalue weighted by Gasteiger charge is -2.29. The van der Waals surface area contributed by atoms with Crippen molar-refractivity contribution in [3.05, 3.63) is 290 Å². The first kappa shape index (κ1) is 43.9. The summed E-state index contributed by atoms with van der Waals surface area (Å²) in [6.45, 7) is 4.28. The van der Waals surface area contributed by atoms with Crippen LogP contribution in [0.3, 0.4) is 0 Å². The molecule has 0 saturated heterocycles. The van der Waals surface area contributed by atoms with Crippen LogP contribution in [0.25, 0.3) is 49.7 Å². The van der Waals surface area contributed by atoms with E-state index in [1.165, 1.54) is 21.9 Å². The highest BCUT2D eigenvalue weighted by atomic mass is 15.2. The quantitative estimate of drug-likeness (QED) is 0.121. The van der Waals surface area contributed by atoms with Crippen molar-refractivity contribution in [1.29, 1.82) is 0 Å². The van der Waals surface area contributed by atoms with Crippen LogP contribution in [0.2, 0.25) is 0 Å². The van der Waals surface area contributed by atoms with Gasteiger partial charge in [0.25, 0.3) is 0 Å². The van der Waals surface area contributed by atoms with Gasteiger partial charge in [-0.1, -0.05) is 151 Å². The molecule has 0 N–H and O–H groups in total. The molecule has 0 amide bonds. The van der Waals surface area contributed by atoms with Gasteiger partial charge in [0.1, 0.15) is 0 Å². The molecular weight excluding hydrogens is 873 g/mol. The molecule has 0 spiro atoms. The van der Waals surface area contributed by atoms with Crippen LogP contribution in [0.5, 0.6) is 0 Å². The van der Waals surface area contributed by atoms with E-state index in [0.29, 0.717) is 0 Å². The molecule has 0 aliphatic rings. The summed E-state index contributed by atoms with van der Waals surface area (Å²) in [6.07, 6.45) is 0. The molecule has 0 fully saturated rings. The summed E-state index contributed by atoms with van der Waals surface area (Å²) in [5.74, 6) is 0. The minimum atomic E-state index is 1.06. The summed E-state index contributed by atoms with van der Waals surface area (Å²) in [5, 5.41) is 2.40.